The first kappa shape index (κ1) is 20.9. The molecule has 0 aliphatic heterocycles. The van der Waals surface area contributed by atoms with Gasteiger partial charge in [-0.15, -0.1) is 11.3 Å². The molecule has 29 heavy (non-hydrogen) atoms. The summed E-state index contributed by atoms with van der Waals surface area (Å²) in [7, 11) is 4.40. The first-order valence-corrected chi connectivity index (χ1v) is 9.62. The summed E-state index contributed by atoms with van der Waals surface area (Å²) in [4.78, 5) is 17.8. The summed E-state index contributed by atoms with van der Waals surface area (Å²) in [6.07, 6.45) is 0. The minimum atomic E-state index is -0.478. The first-order chi connectivity index (χ1) is 13.9. The number of halogens is 2. The van der Waals surface area contributed by atoms with Crippen molar-refractivity contribution in [3.05, 3.63) is 51.7 Å². The minimum Gasteiger partial charge on any atom is -0.496 e. The minimum absolute atomic E-state index is 0.171. The molecule has 0 aliphatic carbocycles. The van der Waals surface area contributed by atoms with Crippen molar-refractivity contribution in [3.63, 3.8) is 0 Å². The summed E-state index contributed by atoms with van der Waals surface area (Å²) < 4.78 is 30.1. The molecule has 1 amide bonds. The Kier molecular flexibility index (Phi) is 6.24. The SMILES string of the molecule is COc1cc(OC)c(NC(=O)c2nc(-c3c(F)cccc3OC)sc2C)cc1Cl. The summed E-state index contributed by atoms with van der Waals surface area (Å²) in [5.41, 5.74) is 0.747. The number of rotatable bonds is 6. The Morgan fingerprint density at radius 3 is 2.45 bits per heavy atom. The van der Waals surface area contributed by atoms with E-state index >= 15 is 0 Å². The van der Waals surface area contributed by atoms with Crippen molar-refractivity contribution in [2.45, 2.75) is 6.92 Å². The van der Waals surface area contributed by atoms with Gasteiger partial charge in [-0.3, -0.25) is 4.79 Å². The third-order valence-electron chi connectivity index (χ3n) is 4.14. The van der Waals surface area contributed by atoms with Gasteiger partial charge in [0.15, 0.2) is 0 Å². The molecular formula is C20H18ClFN2O4S. The number of amides is 1. The number of thiazole rings is 1. The Hall–Kier alpha value is -2.84. The quantitative estimate of drug-likeness (QED) is 0.576. The van der Waals surface area contributed by atoms with E-state index in [2.05, 4.69) is 10.3 Å². The zero-order chi connectivity index (χ0) is 21.1. The van der Waals surface area contributed by atoms with Crippen LogP contribution in [0.1, 0.15) is 15.4 Å². The van der Waals surface area contributed by atoms with Gasteiger partial charge in [-0.25, -0.2) is 9.37 Å². The van der Waals surface area contributed by atoms with Gasteiger partial charge in [-0.05, 0) is 25.1 Å². The van der Waals surface area contributed by atoms with E-state index in [1.165, 1.54) is 44.8 Å². The highest BCUT2D eigenvalue weighted by molar-refractivity contribution is 7.15. The molecule has 2 aromatic carbocycles. The van der Waals surface area contributed by atoms with E-state index in [-0.39, 0.29) is 11.3 Å². The van der Waals surface area contributed by atoms with Gasteiger partial charge in [-0.2, -0.15) is 0 Å². The summed E-state index contributed by atoms with van der Waals surface area (Å²) >= 11 is 7.35. The molecule has 3 aromatic rings. The van der Waals surface area contributed by atoms with Gasteiger partial charge in [-0.1, -0.05) is 17.7 Å². The number of hydrogen-bond acceptors (Lipinski definition) is 6. The average Bonchev–Trinajstić information content (AvgIpc) is 3.09. The first-order valence-electron chi connectivity index (χ1n) is 8.42. The number of nitrogens with zero attached hydrogens (tertiary/aromatic N) is 1. The topological polar surface area (TPSA) is 69.7 Å². The van der Waals surface area contributed by atoms with Crippen molar-refractivity contribution in [1.82, 2.24) is 4.98 Å². The molecule has 0 spiro atoms. The number of carbonyl (C=O) groups is 1. The Morgan fingerprint density at radius 2 is 1.79 bits per heavy atom. The van der Waals surface area contributed by atoms with Gasteiger partial charge in [0.2, 0.25) is 0 Å². The van der Waals surface area contributed by atoms with Crippen LogP contribution < -0.4 is 19.5 Å². The molecule has 0 fully saturated rings. The molecule has 1 N–H and O–H groups in total. The molecule has 6 nitrogen and oxygen atoms in total. The van der Waals surface area contributed by atoms with Crippen molar-refractivity contribution in [3.8, 4) is 27.8 Å². The van der Waals surface area contributed by atoms with Crippen LogP contribution in [0.5, 0.6) is 17.2 Å². The van der Waals surface area contributed by atoms with Crippen LogP contribution in [-0.4, -0.2) is 32.2 Å². The molecule has 9 heteroatoms. The molecule has 0 bridgehead atoms. The second-order valence-corrected chi connectivity index (χ2v) is 7.49. The van der Waals surface area contributed by atoms with Crippen molar-refractivity contribution >= 4 is 34.5 Å². The third kappa shape index (κ3) is 4.13. The van der Waals surface area contributed by atoms with Gasteiger partial charge in [0.05, 0.1) is 37.6 Å². The smallest absolute Gasteiger partial charge is 0.275 e. The molecule has 0 unspecified atom stereocenters. The second-order valence-electron chi connectivity index (χ2n) is 5.88. The maximum Gasteiger partial charge on any atom is 0.275 e. The molecule has 0 atom stereocenters. The van der Waals surface area contributed by atoms with E-state index in [9.17, 15) is 9.18 Å². The van der Waals surface area contributed by atoms with Crippen LogP contribution in [0.15, 0.2) is 30.3 Å². The molecule has 0 saturated heterocycles. The number of benzene rings is 2. The number of aromatic nitrogens is 1. The highest BCUT2D eigenvalue weighted by Gasteiger charge is 2.22. The largest absolute Gasteiger partial charge is 0.496 e. The van der Waals surface area contributed by atoms with Gasteiger partial charge in [0.1, 0.15) is 33.8 Å². The fourth-order valence-corrected chi connectivity index (χ4v) is 3.94. The van der Waals surface area contributed by atoms with Gasteiger partial charge in [0, 0.05) is 10.9 Å². The average molecular weight is 437 g/mol. The van der Waals surface area contributed by atoms with E-state index in [0.29, 0.717) is 37.8 Å². The van der Waals surface area contributed by atoms with Gasteiger partial charge >= 0.3 is 0 Å². The summed E-state index contributed by atoms with van der Waals surface area (Å²) in [6, 6.07) is 7.60. The molecule has 0 saturated carbocycles. The summed E-state index contributed by atoms with van der Waals surface area (Å²) in [5, 5.41) is 3.40. The second kappa shape index (κ2) is 8.67. The number of hydrogen-bond donors (Lipinski definition) is 1. The van der Waals surface area contributed by atoms with Crippen LogP contribution in [0.2, 0.25) is 5.02 Å². The van der Waals surface area contributed by atoms with E-state index in [4.69, 9.17) is 25.8 Å². The van der Waals surface area contributed by atoms with Gasteiger partial charge in [0.25, 0.3) is 5.91 Å². The molecular weight excluding hydrogens is 419 g/mol. The van der Waals surface area contributed by atoms with Crippen molar-refractivity contribution < 1.29 is 23.4 Å². The number of methoxy groups -OCH3 is 3. The molecule has 3 rings (SSSR count). The fourth-order valence-electron chi connectivity index (χ4n) is 2.74. The molecule has 1 aromatic heterocycles. The van der Waals surface area contributed by atoms with Crippen LogP contribution in [0.25, 0.3) is 10.6 Å². The standard InChI is InChI=1S/C20H18ClFN2O4S/c1-10-18(24-20(29-10)17-12(22)6-5-7-14(17)26-2)19(25)23-13-8-11(21)15(27-3)9-16(13)28-4/h5-9H,1-4H3,(H,23,25). The number of carbonyl (C=O) groups excluding carboxylic acids is 1. The van der Waals surface area contributed by atoms with Crippen molar-refractivity contribution in [1.29, 1.82) is 0 Å². The molecule has 152 valence electrons. The molecule has 0 aliphatic rings. The van der Waals surface area contributed by atoms with Crippen molar-refractivity contribution in [2.24, 2.45) is 0 Å². The molecule has 0 radical (unpaired) electrons. The normalized spacial score (nSPS) is 10.6. The number of anilines is 1. The number of ether oxygens (including phenoxy) is 3. The van der Waals surface area contributed by atoms with Crippen LogP contribution in [0, 0.1) is 12.7 Å². The van der Waals surface area contributed by atoms with Crippen LogP contribution in [-0.2, 0) is 0 Å². The highest BCUT2D eigenvalue weighted by atomic mass is 35.5. The Bertz CT molecular complexity index is 1070. The maximum absolute atomic E-state index is 14.4. The van der Waals surface area contributed by atoms with E-state index in [1.54, 1.807) is 25.1 Å². The lowest BCUT2D eigenvalue weighted by Crippen LogP contribution is -2.14. The predicted octanol–water partition coefficient (Wildman–Crippen LogP) is 5.19. The predicted molar refractivity (Wildman–Crippen MR) is 111 cm³/mol. The lowest BCUT2D eigenvalue weighted by Gasteiger charge is -2.12. The Morgan fingerprint density at radius 1 is 1.10 bits per heavy atom. The fraction of sp³-hybridized carbons (Fsp3) is 0.200. The number of aryl methyl sites for hydroxylation is 1. The maximum atomic E-state index is 14.4. The lowest BCUT2D eigenvalue weighted by atomic mass is 10.2. The zero-order valence-corrected chi connectivity index (χ0v) is 17.7. The van der Waals surface area contributed by atoms with Crippen LogP contribution >= 0.6 is 22.9 Å². The number of nitrogens with one attached hydrogen (secondary N) is 1. The zero-order valence-electron chi connectivity index (χ0n) is 16.1. The van der Waals surface area contributed by atoms with E-state index < -0.39 is 11.7 Å². The van der Waals surface area contributed by atoms with Crippen LogP contribution in [0.3, 0.4) is 0 Å². The third-order valence-corrected chi connectivity index (χ3v) is 5.43. The Balaban J connectivity index is 1.96. The monoisotopic (exact) mass is 436 g/mol. The van der Waals surface area contributed by atoms with Crippen LogP contribution in [0.4, 0.5) is 10.1 Å². The molecule has 1 heterocycles. The summed E-state index contributed by atoms with van der Waals surface area (Å²) in [6.45, 7) is 1.74. The lowest BCUT2D eigenvalue weighted by molar-refractivity contribution is 0.102. The van der Waals surface area contributed by atoms with Gasteiger partial charge < -0.3 is 19.5 Å². The highest BCUT2D eigenvalue weighted by Crippen LogP contribution is 2.38. The van der Waals surface area contributed by atoms with E-state index in [1.807, 2.05) is 0 Å². The van der Waals surface area contributed by atoms with Crippen molar-refractivity contribution in [2.75, 3.05) is 26.6 Å². The van der Waals surface area contributed by atoms with E-state index in [0.717, 1.165) is 0 Å². The summed E-state index contributed by atoms with van der Waals surface area (Å²) in [5.74, 6) is 0.187. The Labute approximate surface area is 176 Å².